The molecular weight excluding hydrogens is 721 g/mol. The summed E-state index contributed by atoms with van der Waals surface area (Å²) in [6, 6.07) is 1.15. The molecule has 0 saturated carbocycles. The number of rotatable bonds is 28. The molecule has 0 aromatic carbocycles. The Kier molecular flexibility index (Phi) is 38.3. The number of nitrogens with one attached hydrogen (secondary N) is 4. The highest BCUT2D eigenvalue weighted by atomic mass is 16.1. The molecule has 0 aliphatic carbocycles. The van der Waals surface area contributed by atoms with Crippen LogP contribution in [0.3, 0.4) is 0 Å². The van der Waals surface area contributed by atoms with Crippen LogP contribution in [-0.2, 0) is 19.2 Å². The smallest absolute Gasteiger partial charge is 0.138 e. The molecule has 8 nitrogen and oxygen atoms in total. The summed E-state index contributed by atoms with van der Waals surface area (Å²) in [5, 5.41) is 13.6. The second-order valence-electron chi connectivity index (χ2n) is 20.2. The summed E-state index contributed by atoms with van der Waals surface area (Å²) in [5.41, 5.74) is 0.0564. The van der Waals surface area contributed by atoms with Crippen LogP contribution < -0.4 is 21.3 Å². The van der Waals surface area contributed by atoms with Crippen LogP contribution in [0.4, 0.5) is 0 Å². The summed E-state index contributed by atoms with van der Waals surface area (Å²) in [4.78, 5) is 46.5. The van der Waals surface area contributed by atoms with Gasteiger partial charge in [0.05, 0.1) is 0 Å². The van der Waals surface area contributed by atoms with Crippen LogP contribution in [0.5, 0.6) is 0 Å². The number of Topliss-reactive ketones (excluding diaryl/α,β-unsaturated/α-hetero) is 4. The third-order valence-corrected chi connectivity index (χ3v) is 11.5. The van der Waals surface area contributed by atoms with Gasteiger partial charge in [0.2, 0.25) is 0 Å². The molecule has 4 unspecified atom stereocenters. The lowest BCUT2D eigenvalue weighted by molar-refractivity contribution is -0.128. The van der Waals surface area contributed by atoms with Gasteiger partial charge in [0.25, 0.3) is 0 Å². The number of carbonyl (C=O) groups excluding carboxylic acids is 4. The van der Waals surface area contributed by atoms with E-state index >= 15 is 0 Å². The molecule has 0 saturated heterocycles. The van der Waals surface area contributed by atoms with E-state index in [0.717, 1.165) is 103 Å². The van der Waals surface area contributed by atoms with Crippen molar-refractivity contribution in [2.75, 3.05) is 26.2 Å². The quantitative estimate of drug-likeness (QED) is 0.0577. The maximum absolute atomic E-state index is 11.8. The normalized spacial score (nSPS) is 14.0. The average molecular weight is 825 g/mol. The first-order chi connectivity index (χ1) is 26.6. The first kappa shape index (κ1) is 63.2. The molecule has 0 radical (unpaired) electrons. The molecule has 0 heterocycles. The Morgan fingerprint density at radius 1 is 0.414 bits per heavy atom. The lowest BCUT2D eigenvalue weighted by Crippen LogP contribution is -2.36. The highest BCUT2D eigenvalue weighted by molar-refractivity contribution is 5.84. The van der Waals surface area contributed by atoms with Crippen LogP contribution in [-0.4, -0.2) is 72.5 Å². The van der Waals surface area contributed by atoms with Gasteiger partial charge in [-0.2, -0.15) is 0 Å². The van der Waals surface area contributed by atoms with Crippen LogP contribution in [0, 0.1) is 22.7 Å². The Labute approximate surface area is 362 Å². The van der Waals surface area contributed by atoms with Gasteiger partial charge < -0.3 is 21.3 Å². The van der Waals surface area contributed by atoms with Crippen LogP contribution in [0.1, 0.15) is 228 Å². The number of hydrogen-bond donors (Lipinski definition) is 4. The maximum atomic E-state index is 11.8. The monoisotopic (exact) mass is 825 g/mol. The van der Waals surface area contributed by atoms with E-state index in [1.54, 1.807) is 0 Å². The summed E-state index contributed by atoms with van der Waals surface area (Å²) in [6.45, 7) is 45.8. The molecule has 348 valence electrons. The molecule has 0 aliphatic rings. The minimum Gasteiger partial charge on any atom is -0.314 e. The fraction of sp³-hybridized carbons (Fsp3) is 0.920. The van der Waals surface area contributed by atoms with Gasteiger partial charge >= 0.3 is 0 Å². The molecule has 0 fully saturated rings. The molecule has 8 heteroatoms. The zero-order chi connectivity index (χ0) is 46.2. The molecule has 0 spiro atoms. The first-order valence-electron chi connectivity index (χ1n) is 23.7. The van der Waals surface area contributed by atoms with E-state index in [-0.39, 0.29) is 33.7 Å². The van der Waals surface area contributed by atoms with Gasteiger partial charge in [-0.3, -0.25) is 19.2 Å². The van der Waals surface area contributed by atoms with Crippen molar-refractivity contribution >= 4 is 23.1 Å². The summed E-state index contributed by atoms with van der Waals surface area (Å²) in [7, 11) is 0. The molecule has 0 amide bonds. The lowest BCUT2D eigenvalue weighted by atomic mass is 9.83. The third kappa shape index (κ3) is 40.0. The highest BCUT2D eigenvalue weighted by Gasteiger charge is 2.25. The minimum absolute atomic E-state index is 0.129. The highest BCUT2D eigenvalue weighted by Crippen LogP contribution is 2.24. The number of hydrogen-bond acceptors (Lipinski definition) is 8. The van der Waals surface area contributed by atoms with E-state index < -0.39 is 0 Å². The maximum Gasteiger partial charge on any atom is 0.138 e. The molecule has 4 N–H and O–H groups in total. The van der Waals surface area contributed by atoms with Gasteiger partial charge in [0, 0.05) is 71.5 Å². The Bertz CT molecular complexity index is 1040. The van der Waals surface area contributed by atoms with Crippen molar-refractivity contribution in [1.29, 1.82) is 0 Å². The van der Waals surface area contributed by atoms with E-state index in [4.69, 9.17) is 0 Å². The number of ketones is 4. The van der Waals surface area contributed by atoms with Gasteiger partial charge in [0.1, 0.15) is 23.1 Å². The van der Waals surface area contributed by atoms with Gasteiger partial charge in [-0.05, 0) is 146 Å². The van der Waals surface area contributed by atoms with E-state index in [1.807, 2.05) is 41.5 Å². The van der Waals surface area contributed by atoms with E-state index in [2.05, 4.69) is 118 Å². The summed E-state index contributed by atoms with van der Waals surface area (Å²) in [5.74, 6) is 2.10. The molecular formula is C50H104N4O4. The van der Waals surface area contributed by atoms with Crippen LogP contribution >= 0.6 is 0 Å². The molecule has 0 aromatic rings. The Balaban J connectivity index is -0.000000335. The van der Waals surface area contributed by atoms with Crippen molar-refractivity contribution in [3.63, 3.8) is 0 Å². The SMILES string of the molecule is CCC(C)(C)C(=O)CCCNC(C)(C)C.CCC(C)C(=O)CCCNC(C)(C)C.CCC(C)NCCCC(=O)C(C)(C)CC.CCC(C)NCCCC(=O)C(C)CC. The van der Waals surface area contributed by atoms with E-state index in [9.17, 15) is 19.2 Å². The van der Waals surface area contributed by atoms with Crippen molar-refractivity contribution < 1.29 is 19.2 Å². The Hall–Kier alpha value is -1.48. The second kappa shape index (κ2) is 35.2. The van der Waals surface area contributed by atoms with Crippen LogP contribution in [0.25, 0.3) is 0 Å². The molecule has 0 rings (SSSR count). The zero-order valence-corrected chi connectivity index (χ0v) is 42.7. The second-order valence-corrected chi connectivity index (χ2v) is 20.2. The average Bonchev–Trinajstić information content (AvgIpc) is 3.16. The molecule has 0 aliphatic heterocycles. The van der Waals surface area contributed by atoms with Crippen molar-refractivity contribution in [2.45, 2.75) is 252 Å². The lowest BCUT2D eigenvalue weighted by Gasteiger charge is -2.23. The molecule has 0 bridgehead atoms. The number of carbonyl (C=O) groups is 4. The Morgan fingerprint density at radius 2 is 0.690 bits per heavy atom. The fourth-order valence-corrected chi connectivity index (χ4v) is 4.95. The molecule has 4 atom stereocenters. The molecule has 58 heavy (non-hydrogen) atoms. The molecule has 0 aromatic heterocycles. The predicted octanol–water partition coefficient (Wildman–Crippen LogP) is 11.9. The summed E-state index contributed by atoms with van der Waals surface area (Å²) in [6.07, 6.45) is 12.8. The van der Waals surface area contributed by atoms with E-state index in [1.165, 1.54) is 0 Å². The van der Waals surface area contributed by atoms with Gasteiger partial charge in [-0.15, -0.1) is 0 Å². The fourth-order valence-electron chi connectivity index (χ4n) is 4.95. The largest absolute Gasteiger partial charge is 0.314 e. The van der Waals surface area contributed by atoms with Gasteiger partial charge in [0.15, 0.2) is 0 Å². The minimum atomic E-state index is -0.137. The van der Waals surface area contributed by atoms with Crippen molar-refractivity contribution in [2.24, 2.45) is 22.7 Å². The summed E-state index contributed by atoms with van der Waals surface area (Å²) >= 11 is 0. The van der Waals surface area contributed by atoms with Crippen molar-refractivity contribution in [3.8, 4) is 0 Å². The Morgan fingerprint density at radius 3 is 0.948 bits per heavy atom. The van der Waals surface area contributed by atoms with E-state index in [0.29, 0.717) is 48.1 Å². The zero-order valence-electron chi connectivity index (χ0n) is 42.7. The standard InChI is InChI=1S/2C13H27NO.2C12H25NO/c1-7-13(5,6)11(15)9-8-10-14-12(2,3)4;1-6-11(3)14-10-8-9-12(15)13(4,5)7-2;1-6-10(2)11(14)8-7-9-13-12(3,4)5;1-5-10(3)12(14)8-7-9-13-11(4)6-2/h14H,7-10H2,1-6H3;11,14H,6-10H2,1-5H3;10,13H,6-9H2,1-5H3;10-11,13H,5-9H2,1-4H3. The topological polar surface area (TPSA) is 116 Å². The van der Waals surface area contributed by atoms with Crippen molar-refractivity contribution in [1.82, 2.24) is 21.3 Å². The van der Waals surface area contributed by atoms with Gasteiger partial charge in [-0.25, -0.2) is 0 Å². The van der Waals surface area contributed by atoms with Gasteiger partial charge in [-0.1, -0.05) is 83.1 Å². The predicted molar refractivity (Wildman–Crippen MR) is 255 cm³/mol. The first-order valence-corrected chi connectivity index (χ1v) is 23.7. The van der Waals surface area contributed by atoms with Crippen LogP contribution in [0.2, 0.25) is 0 Å². The summed E-state index contributed by atoms with van der Waals surface area (Å²) < 4.78 is 0. The van der Waals surface area contributed by atoms with Crippen molar-refractivity contribution in [3.05, 3.63) is 0 Å². The van der Waals surface area contributed by atoms with Crippen LogP contribution in [0.15, 0.2) is 0 Å². The third-order valence-electron chi connectivity index (χ3n) is 11.5.